The molecule has 1 aliphatic carbocycles. The minimum Gasteiger partial charge on any atom is -0.382 e. The van der Waals surface area contributed by atoms with Crippen LogP contribution in [0.3, 0.4) is 0 Å². The van der Waals surface area contributed by atoms with Gasteiger partial charge in [-0.15, -0.1) is 0 Å². The zero-order valence-electron chi connectivity index (χ0n) is 11.7. The van der Waals surface area contributed by atoms with Crippen LogP contribution in [0.4, 0.5) is 18.9 Å². The maximum absolute atomic E-state index is 12.4. The van der Waals surface area contributed by atoms with Gasteiger partial charge >= 0.3 is 5.51 Å². The van der Waals surface area contributed by atoms with E-state index >= 15 is 0 Å². The van der Waals surface area contributed by atoms with Gasteiger partial charge in [-0.1, -0.05) is 12.8 Å². The second kappa shape index (κ2) is 5.87. The third kappa shape index (κ3) is 3.51. The first-order valence-electron chi connectivity index (χ1n) is 6.90. The number of anilines is 1. The third-order valence-electron chi connectivity index (χ3n) is 3.97. The molecule has 7 heteroatoms. The Balaban J connectivity index is 2.09. The van der Waals surface area contributed by atoms with E-state index < -0.39 is 20.2 Å². The maximum atomic E-state index is 12.4. The Morgan fingerprint density at radius 2 is 1.67 bits per heavy atom. The van der Waals surface area contributed by atoms with Crippen LogP contribution >= 0.6 is 0 Å². The molecule has 1 unspecified atom stereocenters. The molecule has 0 spiro atoms. The Labute approximate surface area is 122 Å². The SMILES string of the molecule is CC(Nc1ccc(S(=O)(=O)C(F)(F)F)cc1)C1CCCC1. The first-order valence-corrected chi connectivity index (χ1v) is 8.38. The van der Waals surface area contributed by atoms with E-state index in [-0.39, 0.29) is 6.04 Å². The molecule has 0 heterocycles. The second-order valence-corrected chi connectivity index (χ2v) is 7.39. The third-order valence-corrected chi connectivity index (χ3v) is 5.47. The van der Waals surface area contributed by atoms with E-state index in [0.717, 1.165) is 25.0 Å². The molecule has 0 aliphatic heterocycles. The summed E-state index contributed by atoms with van der Waals surface area (Å²) in [5.41, 5.74) is -4.63. The molecule has 1 aliphatic rings. The fourth-order valence-electron chi connectivity index (χ4n) is 2.70. The molecular weight excluding hydrogens is 303 g/mol. The van der Waals surface area contributed by atoms with Crippen LogP contribution in [0.25, 0.3) is 0 Å². The zero-order chi connectivity index (χ0) is 15.7. The summed E-state index contributed by atoms with van der Waals surface area (Å²) < 4.78 is 59.8. The van der Waals surface area contributed by atoms with Crippen LogP contribution < -0.4 is 5.32 Å². The number of hydrogen-bond acceptors (Lipinski definition) is 3. The molecule has 1 aromatic carbocycles. The fourth-order valence-corrected chi connectivity index (χ4v) is 3.46. The summed E-state index contributed by atoms with van der Waals surface area (Å²) in [4.78, 5) is -0.728. The van der Waals surface area contributed by atoms with Gasteiger partial charge in [-0.2, -0.15) is 13.2 Å². The molecule has 0 radical (unpaired) electrons. The topological polar surface area (TPSA) is 46.2 Å². The Kier molecular flexibility index (Phi) is 4.51. The second-order valence-electron chi connectivity index (χ2n) is 5.45. The van der Waals surface area contributed by atoms with E-state index in [1.165, 1.54) is 25.0 Å². The van der Waals surface area contributed by atoms with Crippen molar-refractivity contribution in [3.63, 3.8) is 0 Å². The highest BCUT2D eigenvalue weighted by Crippen LogP contribution is 2.32. The van der Waals surface area contributed by atoms with Gasteiger partial charge in [-0.25, -0.2) is 8.42 Å². The number of halogens is 3. The molecule has 0 amide bonds. The number of sulfone groups is 1. The minimum atomic E-state index is -5.27. The monoisotopic (exact) mass is 321 g/mol. The van der Waals surface area contributed by atoms with Crippen LogP contribution in [0.2, 0.25) is 0 Å². The normalized spacial score (nSPS) is 18.7. The number of benzene rings is 1. The van der Waals surface area contributed by atoms with Crippen molar-refractivity contribution in [1.29, 1.82) is 0 Å². The maximum Gasteiger partial charge on any atom is 0.501 e. The molecule has 1 saturated carbocycles. The first kappa shape index (κ1) is 16.1. The predicted molar refractivity (Wildman–Crippen MR) is 74.7 cm³/mol. The lowest BCUT2D eigenvalue weighted by atomic mass is 9.99. The number of alkyl halides is 3. The summed E-state index contributed by atoms with van der Waals surface area (Å²) in [7, 11) is -5.27. The number of rotatable bonds is 4. The molecule has 3 nitrogen and oxygen atoms in total. The van der Waals surface area contributed by atoms with Gasteiger partial charge in [0.2, 0.25) is 0 Å². The molecule has 21 heavy (non-hydrogen) atoms. The quantitative estimate of drug-likeness (QED) is 0.912. The Hall–Kier alpha value is -1.24. The lowest BCUT2D eigenvalue weighted by Crippen LogP contribution is -2.24. The van der Waals surface area contributed by atoms with Crippen molar-refractivity contribution >= 4 is 15.5 Å². The van der Waals surface area contributed by atoms with Crippen LogP contribution in [0.15, 0.2) is 29.2 Å². The number of nitrogens with one attached hydrogen (secondary N) is 1. The van der Waals surface area contributed by atoms with Crippen molar-refractivity contribution in [2.45, 2.75) is 49.1 Å². The highest BCUT2D eigenvalue weighted by atomic mass is 32.2. The van der Waals surface area contributed by atoms with Gasteiger partial charge in [0.25, 0.3) is 9.84 Å². The summed E-state index contributed by atoms with van der Waals surface area (Å²) in [5, 5.41) is 3.23. The van der Waals surface area contributed by atoms with Gasteiger partial charge in [0.05, 0.1) is 4.90 Å². The Morgan fingerprint density at radius 1 is 1.14 bits per heavy atom. The summed E-state index contributed by atoms with van der Waals surface area (Å²) in [5.74, 6) is 0.559. The van der Waals surface area contributed by atoms with E-state index in [1.807, 2.05) is 6.92 Å². The standard InChI is InChI=1S/C14H18F3NO2S/c1-10(11-4-2-3-5-11)18-12-6-8-13(9-7-12)21(19,20)14(15,16)17/h6-11,18H,2-5H2,1H3. The number of hydrogen-bond donors (Lipinski definition) is 1. The molecule has 1 atom stereocenters. The predicted octanol–water partition coefficient (Wildman–Crippen LogP) is 3.97. The molecule has 0 saturated heterocycles. The smallest absolute Gasteiger partial charge is 0.382 e. The lowest BCUT2D eigenvalue weighted by molar-refractivity contribution is -0.0436. The zero-order valence-corrected chi connectivity index (χ0v) is 12.5. The van der Waals surface area contributed by atoms with Gasteiger partial charge in [0.1, 0.15) is 0 Å². The van der Waals surface area contributed by atoms with Crippen molar-refractivity contribution < 1.29 is 21.6 Å². The average molecular weight is 321 g/mol. The lowest BCUT2D eigenvalue weighted by Gasteiger charge is -2.21. The molecule has 0 aromatic heterocycles. The summed E-state index contributed by atoms with van der Waals surface area (Å²) in [6.07, 6.45) is 4.71. The van der Waals surface area contributed by atoms with E-state index in [4.69, 9.17) is 0 Å². The molecule has 0 bridgehead atoms. The van der Waals surface area contributed by atoms with Crippen molar-refractivity contribution in [1.82, 2.24) is 0 Å². The van der Waals surface area contributed by atoms with Gasteiger partial charge in [0.15, 0.2) is 0 Å². The summed E-state index contributed by atoms with van der Waals surface area (Å²) in [6, 6.07) is 4.96. The van der Waals surface area contributed by atoms with Gasteiger partial charge in [0, 0.05) is 11.7 Å². The van der Waals surface area contributed by atoms with Gasteiger partial charge in [-0.05, 0) is 49.9 Å². The molecule has 1 N–H and O–H groups in total. The van der Waals surface area contributed by atoms with E-state index in [9.17, 15) is 21.6 Å². The highest BCUT2D eigenvalue weighted by molar-refractivity contribution is 7.92. The summed E-state index contributed by atoms with van der Waals surface area (Å²) in [6.45, 7) is 2.04. The summed E-state index contributed by atoms with van der Waals surface area (Å²) >= 11 is 0. The van der Waals surface area contributed by atoms with E-state index in [2.05, 4.69) is 5.32 Å². The fraction of sp³-hybridized carbons (Fsp3) is 0.571. The van der Waals surface area contributed by atoms with Crippen LogP contribution in [0.1, 0.15) is 32.6 Å². The van der Waals surface area contributed by atoms with Crippen molar-refractivity contribution in [3.05, 3.63) is 24.3 Å². The van der Waals surface area contributed by atoms with Crippen LogP contribution in [-0.4, -0.2) is 20.0 Å². The van der Waals surface area contributed by atoms with Crippen molar-refractivity contribution in [2.75, 3.05) is 5.32 Å². The van der Waals surface area contributed by atoms with E-state index in [1.54, 1.807) is 0 Å². The van der Waals surface area contributed by atoms with Gasteiger partial charge in [-0.3, -0.25) is 0 Å². The highest BCUT2D eigenvalue weighted by Gasteiger charge is 2.46. The largest absolute Gasteiger partial charge is 0.501 e. The molecule has 118 valence electrons. The van der Waals surface area contributed by atoms with Crippen molar-refractivity contribution in [2.24, 2.45) is 5.92 Å². The molecule has 2 rings (SSSR count). The average Bonchev–Trinajstić information content (AvgIpc) is 2.92. The van der Waals surface area contributed by atoms with Crippen molar-refractivity contribution in [3.8, 4) is 0 Å². The molecular formula is C14H18F3NO2S. The van der Waals surface area contributed by atoms with E-state index in [0.29, 0.717) is 11.6 Å². The molecule has 1 aromatic rings. The van der Waals surface area contributed by atoms with Crippen LogP contribution in [0, 0.1) is 5.92 Å². The minimum absolute atomic E-state index is 0.220. The Morgan fingerprint density at radius 3 is 2.14 bits per heavy atom. The van der Waals surface area contributed by atoms with Crippen LogP contribution in [0.5, 0.6) is 0 Å². The Bertz CT molecular complexity index is 575. The first-order chi connectivity index (χ1) is 9.72. The van der Waals surface area contributed by atoms with Gasteiger partial charge < -0.3 is 5.32 Å². The van der Waals surface area contributed by atoms with Crippen LogP contribution in [-0.2, 0) is 9.84 Å². The molecule has 1 fully saturated rings.